The van der Waals surface area contributed by atoms with Crippen molar-refractivity contribution in [3.8, 4) is 0 Å². The molecule has 1 rings (SSSR count). The third-order valence-electron chi connectivity index (χ3n) is 2.56. The molecule has 19 heavy (non-hydrogen) atoms. The predicted octanol–water partition coefficient (Wildman–Crippen LogP) is 1.81. The molecule has 3 N–H and O–H groups in total. The highest BCUT2D eigenvalue weighted by atomic mass is 32.2. The lowest BCUT2D eigenvalue weighted by Crippen LogP contribution is -2.24. The van der Waals surface area contributed by atoms with Gasteiger partial charge in [0.05, 0.1) is 18.1 Å². The van der Waals surface area contributed by atoms with E-state index in [4.69, 9.17) is 5.73 Å². The Labute approximate surface area is 116 Å². The molecule has 0 aliphatic rings. The zero-order valence-electron chi connectivity index (χ0n) is 11.2. The summed E-state index contributed by atoms with van der Waals surface area (Å²) >= 11 is 1.23. The van der Waals surface area contributed by atoms with Crippen LogP contribution in [-0.2, 0) is 14.3 Å². The van der Waals surface area contributed by atoms with Crippen LogP contribution in [0.25, 0.3) is 0 Å². The number of carbonyl (C=O) groups excluding carboxylic acids is 2. The Morgan fingerprint density at radius 1 is 1.47 bits per heavy atom. The molecule has 1 aromatic carbocycles. The molecule has 1 unspecified atom stereocenters. The van der Waals surface area contributed by atoms with Gasteiger partial charge in [-0.15, -0.1) is 11.8 Å². The first-order valence-electron chi connectivity index (χ1n) is 5.79. The van der Waals surface area contributed by atoms with E-state index >= 15 is 0 Å². The second kappa shape index (κ2) is 7.04. The van der Waals surface area contributed by atoms with Gasteiger partial charge in [0, 0.05) is 11.4 Å². The molecule has 104 valence electrons. The number of ether oxygens (including phenoxy) is 1. The molecule has 0 aliphatic carbocycles. The van der Waals surface area contributed by atoms with Crippen molar-refractivity contribution in [3.63, 3.8) is 0 Å². The van der Waals surface area contributed by atoms with E-state index in [1.54, 1.807) is 25.1 Å². The molecule has 0 aromatic heterocycles. The fourth-order valence-electron chi connectivity index (χ4n) is 1.39. The predicted molar refractivity (Wildman–Crippen MR) is 78.2 cm³/mol. The fourth-order valence-corrected chi connectivity index (χ4v) is 2.10. The molecule has 0 radical (unpaired) electrons. The van der Waals surface area contributed by atoms with Crippen LogP contribution in [-0.4, -0.2) is 30.0 Å². The molecule has 6 heteroatoms. The number of methoxy groups -OCH3 is 1. The summed E-state index contributed by atoms with van der Waals surface area (Å²) in [6.45, 7) is 3.62. The largest absolute Gasteiger partial charge is 0.468 e. The summed E-state index contributed by atoms with van der Waals surface area (Å²) in [5.74, 6) is -0.332. The quantitative estimate of drug-likeness (QED) is 0.636. The number of nitrogens with two attached hydrogens (primary N) is 1. The Morgan fingerprint density at radius 2 is 2.16 bits per heavy atom. The van der Waals surface area contributed by atoms with Gasteiger partial charge in [0.25, 0.3) is 0 Å². The van der Waals surface area contributed by atoms with E-state index in [2.05, 4.69) is 10.1 Å². The van der Waals surface area contributed by atoms with Crippen LogP contribution in [0.4, 0.5) is 11.4 Å². The monoisotopic (exact) mass is 282 g/mol. The zero-order chi connectivity index (χ0) is 14.4. The number of thioether (sulfide) groups is 1. The van der Waals surface area contributed by atoms with Gasteiger partial charge >= 0.3 is 5.97 Å². The summed E-state index contributed by atoms with van der Waals surface area (Å²) in [6.07, 6.45) is 0. The smallest absolute Gasteiger partial charge is 0.315 e. The van der Waals surface area contributed by atoms with Crippen molar-refractivity contribution in [1.29, 1.82) is 0 Å². The van der Waals surface area contributed by atoms with Gasteiger partial charge in [0.2, 0.25) is 5.91 Å². The highest BCUT2D eigenvalue weighted by molar-refractivity contribution is 8.01. The van der Waals surface area contributed by atoms with Crippen LogP contribution in [0.1, 0.15) is 12.5 Å². The SMILES string of the molecule is COC(=O)CSC(C)C(=O)Nc1ccc(N)cc1C. The Morgan fingerprint density at radius 3 is 2.74 bits per heavy atom. The topological polar surface area (TPSA) is 81.4 Å². The maximum Gasteiger partial charge on any atom is 0.315 e. The molecule has 0 spiro atoms. The number of nitrogen functional groups attached to an aromatic ring is 1. The van der Waals surface area contributed by atoms with E-state index < -0.39 is 0 Å². The van der Waals surface area contributed by atoms with Crippen molar-refractivity contribution in [2.45, 2.75) is 19.1 Å². The van der Waals surface area contributed by atoms with Crippen LogP contribution in [0.5, 0.6) is 0 Å². The normalized spacial score (nSPS) is 11.7. The molecule has 0 heterocycles. The van der Waals surface area contributed by atoms with Crippen molar-refractivity contribution in [1.82, 2.24) is 0 Å². The van der Waals surface area contributed by atoms with E-state index in [0.29, 0.717) is 5.69 Å². The Hall–Kier alpha value is -1.69. The Kier molecular flexibility index (Phi) is 5.69. The number of nitrogens with one attached hydrogen (secondary N) is 1. The summed E-state index contributed by atoms with van der Waals surface area (Å²) in [7, 11) is 1.32. The van der Waals surface area contributed by atoms with Gasteiger partial charge < -0.3 is 15.8 Å². The Balaban J connectivity index is 2.56. The van der Waals surface area contributed by atoms with Crippen LogP contribution in [0.2, 0.25) is 0 Å². The third-order valence-corrected chi connectivity index (χ3v) is 3.67. The number of esters is 1. The molecule has 5 nitrogen and oxygen atoms in total. The van der Waals surface area contributed by atoms with Crippen LogP contribution in [0.15, 0.2) is 18.2 Å². The number of hydrogen-bond acceptors (Lipinski definition) is 5. The molecule has 0 aliphatic heterocycles. The number of anilines is 2. The maximum atomic E-state index is 11.9. The van der Waals surface area contributed by atoms with E-state index in [0.717, 1.165) is 11.3 Å². The maximum absolute atomic E-state index is 11.9. The summed E-state index contributed by atoms with van der Waals surface area (Å²) < 4.78 is 4.53. The zero-order valence-corrected chi connectivity index (χ0v) is 12.0. The number of aryl methyl sites for hydroxylation is 1. The molecule has 1 amide bonds. The number of carbonyl (C=O) groups is 2. The van der Waals surface area contributed by atoms with Gasteiger partial charge in [-0.25, -0.2) is 0 Å². The van der Waals surface area contributed by atoms with Crippen molar-refractivity contribution in [2.24, 2.45) is 0 Å². The average Bonchev–Trinajstić information content (AvgIpc) is 2.38. The molecule has 1 atom stereocenters. The molecule has 0 fully saturated rings. The van der Waals surface area contributed by atoms with Crippen molar-refractivity contribution < 1.29 is 14.3 Å². The van der Waals surface area contributed by atoms with Crippen molar-refractivity contribution in [3.05, 3.63) is 23.8 Å². The van der Waals surface area contributed by atoms with Crippen LogP contribution < -0.4 is 11.1 Å². The first-order valence-corrected chi connectivity index (χ1v) is 6.84. The lowest BCUT2D eigenvalue weighted by Gasteiger charge is -2.13. The lowest BCUT2D eigenvalue weighted by molar-refractivity contribution is -0.137. The van der Waals surface area contributed by atoms with Gasteiger partial charge in [-0.05, 0) is 37.6 Å². The number of hydrogen-bond donors (Lipinski definition) is 2. The summed E-state index contributed by atoms with van der Waals surface area (Å²) in [5, 5.41) is 2.47. The summed E-state index contributed by atoms with van der Waals surface area (Å²) in [6, 6.07) is 5.29. The van der Waals surface area contributed by atoms with Crippen LogP contribution in [0.3, 0.4) is 0 Å². The first kappa shape index (κ1) is 15.4. The Bertz CT molecular complexity index is 477. The minimum Gasteiger partial charge on any atom is -0.468 e. The van der Waals surface area contributed by atoms with E-state index in [-0.39, 0.29) is 22.9 Å². The molecule has 1 aromatic rings. The van der Waals surface area contributed by atoms with Gasteiger partial charge in [0.15, 0.2) is 0 Å². The van der Waals surface area contributed by atoms with E-state index in [1.807, 2.05) is 6.92 Å². The molecule has 0 bridgehead atoms. The minimum atomic E-state index is -0.340. The van der Waals surface area contributed by atoms with Crippen LogP contribution >= 0.6 is 11.8 Å². The molecular formula is C13H18N2O3S. The highest BCUT2D eigenvalue weighted by Gasteiger charge is 2.16. The highest BCUT2D eigenvalue weighted by Crippen LogP contribution is 2.19. The van der Waals surface area contributed by atoms with Gasteiger partial charge in [-0.2, -0.15) is 0 Å². The number of benzene rings is 1. The van der Waals surface area contributed by atoms with Gasteiger partial charge in [0.1, 0.15) is 0 Å². The summed E-state index contributed by atoms with van der Waals surface area (Å²) in [5.41, 5.74) is 7.93. The van der Waals surface area contributed by atoms with E-state index in [9.17, 15) is 9.59 Å². The second-order valence-electron chi connectivity index (χ2n) is 4.09. The third kappa shape index (κ3) is 4.82. The van der Waals surface area contributed by atoms with Gasteiger partial charge in [-0.3, -0.25) is 9.59 Å². The molecule has 0 saturated carbocycles. The van der Waals surface area contributed by atoms with Crippen molar-refractivity contribution >= 4 is 35.0 Å². The molecular weight excluding hydrogens is 264 g/mol. The van der Waals surface area contributed by atoms with Crippen LogP contribution in [0, 0.1) is 6.92 Å². The van der Waals surface area contributed by atoms with E-state index in [1.165, 1.54) is 18.9 Å². The second-order valence-corrected chi connectivity index (χ2v) is 5.42. The molecule has 0 saturated heterocycles. The standard InChI is InChI=1S/C13H18N2O3S/c1-8-6-10(14)4-5-11(8)15-13(17)9(2)19-7-12(16)18-3/h4-6,9H,7,14H2,1-3H3,(H,15,17). The number of rotatable bonds is 5. The average molecular weight is 282 g/mol. The van der Waals surface area contributed by atoms with Crippen molar-refractivity contribution in [2.75, 3.05) is 23.9 Å². The first-order chi connectivity index (χ1) is 8.93. The lowest BCUT2D eigenvalue weighted by atomic mass is 10.2. The van der Waals surface area contributed by atoms with Gasteiger partial charge in [-0.1, -0.05) is 0 Å². The fraction of sp³-hybridized carbons (Fsp3) is 0.385. The number of amides is 1. The minimum absolute atomic E-state index is 0.151. The summed E-state index contributed by atoms with van der Waals surface area (Å²) in [4.78, 5) is 22.9.